The van der Waals surface area contributed by atoms with E-state index in [9.17, 15) is 14.4 Å². The van der Waals surface area contributed by atoms with Gasteiger partial charge in [-0.15, -0.1) is 18.8 Å². The normalized spacial score (nSPS) is 15.1. The van der Waals surface area contributed by atoms with E-state index in [0.717, 1.165) is 0 Å². The van der Waals surface area contributed by atoms with Crippen LogP contribution in [0.1, 0.15) is 56.2 Å². The predicted molar refractivity (Wildman–Crippen MR) is 140 cm³/mol. The van der Waals surface area contributed by atoms with Crippen molar-refractivity contribution in [3.63, 3.8) is 0 Å². The molecule has 3 amide bonds. The van der Waals surface area contributed by atoms with Crippen molar-refractivity contribution < 1.29 is 14.4 Å². The number of likely N-dealkylation sites (N-methyl/N-ethyl adjacent to an activating group) is 1. The second kappa shape index (κ2) is 10.3. The monoisotopic (exact) mass is 487 g/mol. The molecule has 0 spiro atoms. The maximum atomic E-state index is 13.3. The van der Waals surface area contributed by atoms with E-state index in [1.165, 1.54) is 9.80 Å². The first-order valence-electron chi connectivity index (χ1n) is 11.8. The molecule has 1 aromatic carbocycles. The highest BCUT2D eigenvalue weighted by atomic mass is 16.2. The summed E-state index contributed by atoms with van der Waals surface area (Å²) < 4.78 is 1.69. The zero-order valence-corrected chi connectivity index (χ0v) is 21.8. The van der Waals surface area contributed by atoms with Crippen LogP contribution in [0.2, 0.25) is 0 Å². The maximum absolute atomic E-state index is 13.3. The van der Waals surface area contributed by atoms with Crippen molar-refractivity contribution in [2.24, 2.45) is 5.41 Å². The number of amides is 3. The van der Waals surface area contributed by atoms with Crippen LogP contribution in [0.15, 0.2) is 24.3 Å². The lowest BCUT2D eigenvalue weighted by molar-refractivity contribution is -0.130. The number of terminal acetylenes is 2. The number of carbonyl (C=O) groups excluding carboxylic acids is 3. The third-order valence-corrected chi connectivity index (χ3v) is 6.24. The summed E-state index contributed by atoms with van der Waals surface area (Å²) in [6.07, 6.45) is 11.4. The Hall–Kier alpha value is -4.04. The van der Waals surface area contributed by atoms with Crippen molar-refractivity contribution in [1.82, 2.24) is 19.6 Å². The van der Waals surface area contributed by atoms with Crippen molar-refractivity contribution >= 4 is 23.4 Å². The Morgan fingerprint density at radius 3 is 2.50 bits per heavy atom. The van der Waals surface area contributed by atoms with Crippen LogP contribution in [0.25, 0.3) is 11.3 Å². The third kappa shape index (κ3) is 5.28. The van der Waals surface area contributed by atoms with Crippen LogP contribution in [0.4, 0.5) is 5.69 Å². The van der Waals surface area contributed by atoms with Gasteiger partial charge < -0.3 is 14.7 Å². The third-order valence-electron chi connectivity index (χ3n) is 6.24. The molecule has 1 aliphatic heterocycles. The van der Waals surface area contributed by atoms with Gasteiger partial charge in [-0.3, -0.25) is 19.1 Å². The van der Waals surface area contributed by atoms with Gasteiger partial charge in [0.15, 0.2) is 0 Å². The Labute approximate surface area is 213 Å². The molecule has 1 atom stereocenters. The molecule has 0 N–H and O–H groups in total. The van der Waals surface area contributed by atoms with Crippen molar-refractivity contribution in [2.45, 2.75) is 40.2 Å². The average Bonchev–Trinajstić information content (AvgIpc) is 3.30. The van der Waals surface area contributed by atoms with Crippen LogP contribution in [0.5, 0.6) is 0 Å². The summed E-state index contributed by atoms with van der Waals surface area (Å²) in [5.74, 6) is 4.61. The SMILES string of the molecule is C#CCCN(C)C(=O)CN1CC(C)n2nc(-c3ccc(C#C)cc3N(C)C(=O)C(C)(C)C)cc2C1=O. The van der Waals surface area contributed by atoms with Gasteiger partial charge in [-0.1, -0.05) is 26.7 Å². The molecule has 1 aliphatic rings. The molecule has 1 unspecified atom stereocenters. The van der Waals surface area contributed by atoms with Crippen LogP contribution < -0.4 is 4.90 Å². The largest absolute Gasteiger partial charge is 0.343 e. The molecule has 2 heterocycles. The minimum absolute atomic E-state index is 0.0320. The molecule has 0 bridgehead atoms. The summed E-state index contributed by atoms with van der Waals surface area (Å²) in [4.78, 5) is 43.6. The molecule has 0 saturated carbocycles. The Morgan fingerprint density at radius 2 is 1.89 bits per heavy atom. The van der Waals surface area contributed by atoms with Gasteiger partial charge in [-0.05, 0) is 31.2 Å². The van der Waals surface area contributed by atoms with Gasteiger partial charge in [0.05, 0.1) is 17.4 Å². The summed E-state index contributed by atoms with van der Waals surface area (Å²) in [6.45, 7) is 8.27. The van der Waals surface area contributed by atoms with Crippen molar-refractivity contribution in [1.29, 1.82) is 0 Å². The smallest absolute Gasteiger partial charge is 0.272 e. The predicted octanol–water partition coefficient (Wildman–Crippen LogP) is 3.04. The average molecular weight is 488 g/mol. The van der Waals surface area contributed by atoms with E-state index in [0.29, 0.717) is 47.7 Å². The topological polar surface area (TPSA) is 78.8 Å². The molecule has 2 aromatic rings. The van der Waals surface area contributed by atoms with E-state index in [-0.39, 0.29) is 30.3 Å². The van der Waals surface area contributed by atoms with Crippen LogP contribution in [-0.4, -0.2) is 71.0 Å². The maximum Gasteiger partial charge on any atom is 0.272 e. The molecule has 8 nitrogen and oxygen atoms in total. The highest BCUT2D eigenvalue weighted by Gasteiger charge is 2.34. The number of benzene rings is 1. The van der Waals surface area contributed by atoms with Crippen LogP contribution >= 0.6 is 0 Å². The quantitative estimate of drug-likeness (QED) is 0.587. The summed E-state index contributed by atoms with van der Waals surface area (Å²) in [5.41, 5.74) is 2.28. The summed E-state index contributed by atoms with van der Waals surface area (Å²) >= 11 is 0. The van der Waals surface area contributed by atoms with E-state index in [2.05, 4.69) is 11.8 Å². The van der Waals surface area contributed by atoms with Crippen LogP contribution in [0.3, 0.4) is 0 Å². The first-order chi connectivity index (χ1) is 16.9. The number of carbonyl (C=O) groups is 3. The molecule has 8 heteroatoms. The van der Waals surface area contributed by atoms with Crippen LogP contribution in [0, 0.1) is 30.1 Å². The molecule has 0 aliphatic carbocycles. The number of hydrogen-bond acceptors (Lipinski definition) is 4. The van der Waals surface area contributed by atoms with Crippen molar-refractivity contribution in [3.05, 3.63) is 35.5 Å². The molecule has 188 valence electrons. The molecule has 0 radical (unpaired) electrons. The Morgan fingerprint density at radius 1 is 1.19 bits per heavy atom. The lowest BCUT2D eigenvalue weighted by Gasteiger charge is -2.32. The molecular formula is C28H33N5O3. The molecule has 0 saturated heterocycles. The lowest BCUT2D eigenvalue weighted by atomic mass is 9.94. The number of aromatic nitrogens is 2. The van der Waals surface area contributed by atoms with Gasteiger partial charge in [-0.2, -0.15) is 5.10 Å². The van der Waals surface area contributed by atoms with Gasteiger partial charge >= 0.3 is 0 Å². The molecule has 3 rings (SSSR count). The minimum Gasteiger partial charge on any atom is -0.343 e. The lowest BCUT2D eigenvalue weighted by Crippen LogP contribution is -2.47. The minimum atomic E-state index is -0.601. The van der Waals surface area contributed by atoms with Gasteiger partial charge in [-0.25, -0.2) is 0 Å². The van der Waals surface area contributed by atoms with E-state index in [1.807, 2.05) is 33.8 Å². The highest BCUT2D eigenvalue weighted by molar-refractivity contribution is 6.01. The zero-order valence-electron chi connectivity index (χ0n) is 21.8. The fourth-order valence-electron chi connectivity index (χ4n) is 4.17. The highest BCUT2D eigenvalue weighted by Crippen LogP contribution is 2.35. The molecular weight excluding hydrogens is 454 g/mol. The molecule has 36 heavy (non-hydrogen) atoms. The zero-order chi connectivity index (χ0) is 26.8. The molecule has 0 fully saturated rings. The van der Waals surface area contributed by atoms with Gasteiger partial charge in [0.1, 0.15) is 12.2 Å². The number of rotatable bonds is 6. The Kier molecular flexibility index (Phi) is 7.59. The van der Waals surface area contributed by atoms with Crippen molar-refractivity contribution in [2.75, 3.05) is 38.6 Å². The van der Waals surface area contributed by atoms with Gasteiger partial charge in [0.2, 0.25) is 11.8 Å². The van der Waals surface area contributed by atoms with Crippen LogP contribution in [-0.2, 0) is 9.59 Å². The summed E-state index contributed by atoms with van der Waals surface area (Å²) in [5, 5.41) is 4.72. The van der Waals surface area contributed by atoms with E-state index in [1.54, 1.807) is 41.9 Å². The Bertz CT molecular complexity index is 1270. The number of fused-ring (bicyclic) bond motifs is 1. The summed E-state index contributed by atoms with van der Waals surface area (Å²) in [7, 11) is 3.39. The second-order valence-electron chi connectivity index (χ2n) is 10.2. The Balaban J connectivity index is 1.97. The standard InChI is InChI=1S/C28H33N5O3/c1-9-11-14-30(7)25(34)18-32-17-19(3)33-24(26(32)35)16-22(29-33)21-13-12-20(10-2)15-23(21)31(8)27(36)28(4,5)6/h1-2,12-13,15-16,19H,11,14,17-18H2,3-8H3. The number of nitrogens with zero attached hydrogens (tertiary/aromatic N) is 5. The van der Waals surface area contributed by atoms with E-state index >= 15 is 0 Å². The van der Waals surface area contributed by atoms with E-state index < -0.39 is 5.41 Å². The number of hydrogen-bond donors (Lipinski definition) is 0. The summed E-state index contributed by atoms with van der Waals surface area (Å²) in [6, 6.07) is 6.95. The first kappa shape index (κ1) is 26.6. The number of anilines is 1. The fraction of sp³-hybridized carbons (Fsp3) is 0.429. The molecule has 1 aromatic heterocycles. The van der Waals surface area contributed by atoms with Crippen molar-refractivity contribution in [3.8, 4) is 35.9 Å². The van der Waals surface area contributed by atoms with Gasteiger partial charge in [0.25, 0.3) is 5.91 Å². The first-order valence-corrected chi connectivity index (χ1v) is 11.8. The fourth-order valence-corrected chi connectivity index (χ4v) is 4.17. The second-order valence-corrected chi connectivity index (χ2v) is 10.2. The van der Waals surface area contributed by atoms with Gasteiger partial charge in [0, 0.05) is 50.1 Å². The van der Waals surface area contributed by atoms with E-state index in [4.69, 9.17) is 17.9 Å².